The molecule has 2 fully saturated rings. The highest BCUT2D eigenvalue weighted by Crippen LogP contribution is 2.36. The van der Waals surface area contributed by atoms with Crippen molar-refractivity contribution in [1.29, 1.82) is 0 Å². The predicted octanol–water partition coefficient (Wildman–Crippen LogP) is 14.4. The van der Waals surface area contributed by atoms with Gasteiger partial charge in [0, 0.05) is 43.1 Å². The number of nitrogens with zero attached hydrogens (tertiary/aromatic N) is 2. The summed E-state index contributed by atoms with van der Waals surface area (Å²) < 4.78 is 0. The lowest BCUT2D eigenvalue weighted by Crippen LogP contribution is -2.53. The van der Waals surface area contributed by atoms with E-state index < -0.39 is 0 Å². The zero-order chi connectivity index (χ0) is 49.8. The average molecular weight is 868 g/mol. The van der Waals surface area contributed by atoms with Crippen LogP contribution in [0.1, 0.15) is 169 Å². The van der Waals surface area contributed by atoms with Crippen LogP contribution in [-0.2, 0) is 0 Å². The number of allylic oxidation sites excluding steroid dienone is 1. The van der Waals surface area contributed by atoms with Crippen molar-refractivity contribution < 1.29 is 0 Å². The molecule has 6 nitrogen and oxygen atoms in total. The second kappa shape index (κ2) is 39.3. The fourth-order valence-corrected chi connectivity index (χ4v) is 6.61. The fraction of sp³-hybridized carbons (Fsp3) is 0.714. The first-order chi connectivity index (χ1) is 28.8. The first-order valence-corrected chi connectivity index (χ1v) is 24.0. The molecule has 0 aromatic carbocycles. The lowest BCUT2D eigenvalue weighted by Gasteiger charge is -2.42. The number of nitrogens with one attached hydrogen (secondary N) is 4. The number of unbranched alkanes of at least 4 members (excludes halogenated alkanes) is 3. The highest BCUT2D eigenvalue weighted by molar-refractivity contribution is 5.22. The Kier molecular flexibility index (Phi) is 43.0. The number of hydrogen-bond acceptors (Lipinski definition) is 6. The molecule has 0 spiro atoms. The van der Waals surface area contributed by atoms with Crippen LogP contribution >= 0.6 is 0 Å². The van der Waals surface area contributed by atoms with Gasteiger partial charge in [0.05, 0.1) is 17.9 Å². The van der Waals surface area contributed by atoms with Crippen LogP contribution in [0.3, 0.4) is 0 Å². The minimum atomic E-state index is -0.0456. The van der Waals surface area contributed by atoms with E-state index in [1.54, 1.807) is 6.20 Å². The third kappa shape index (κ3) is 35.2. The molecule has 5 atom stereocenters. The number of rotatable bonds is 21. The predicted molar refractivity (Wildman–Crippen MR) is 287 cm³/mol. The maximum atomic E-state index is 4.68. The summed E-state index contributed by atoms with van der Waals surface area (Å²) in [6.07, 6.45) is 23.2. The van der Waals surface area contributed by atoms with Crippen LogP contribution < -0.4 is 21.3 Å². The minimum Gasteiger partial charge on any atom is -0.391 e. The third-order valence-corrected chi connectivity index (χ3v) is 10.2. The van der Waals surface area contributed by atoms with Gasteiger partial charge in [0.25, 0.3) is 0 Å². The summed E-state index contributed by atoms with van der Waals surface area (Å²) in [5.74, 6) is 3.81. The van der Waals surface area contributed by atoms with Gasteiger partial charge < -0.3 is 31.1 Å². The fourth-order valence-electron chi connectivity index (χ4n) is 6.61. The third-order valence-electron chi connectivity index (χ3n) is 10.2. The largest absolute Gasteiger partial charge is 0.391 e. The molecule has 1 saturated carbocycles. The van der Waals surface area contributed by atoms with Crippen molar-refractivity contribution in [2.45, 2.75) is 193 Å². The smallest absolute Gasteiger partial charge is 0.0920 e. The maximum Gasteiger partial charge on any atom is 0.0920 e. The van der Waals surface area contributed by atoms with Crippen LogP contribution in [0.25, 0.3) is 0 Å². The van der Waals surface area contributed by atoms with Crippen LogP contribution in [0, 0.1) is 47.3 Å². The van der Waals surface area contributed by atoms with Crippen molar-refractivity contribution in [3.05, 3.63) is 87.7 Å². The van der Waals surface area contributed by atoms with Gasteiger partial charge in [-0.2, -0.15) is 0 Å². The molecule has 2 aliphatic rings. The first-order valence-electron chi connectivity index (χ1n) is 24.0. The van der Waals surface area contributed by atoms with Gasteiger partial charge in [0.1, 0.15) is 0 Å². The molecular formula is C56H110N6. The molecule has 4 N–H and O–H groups in total. The molecule has 1 saturated heterocycles. The van der Waals surface area contributed by atoms with E-state index in [1.165, 1.54) is 50.5 Å². The van der Waals surface area contributed by atoms with E-state index in [-0.39, 0.29) is 29.0 Å². The molecule has 0 amide bonds. The summed E-state index contributed by atoms with van der Waals surface area (Å²) in [7, 11) is 4.24. The zero-order valence-electron chi connectivity index (χ0n) is 45.0. The minimum absolute atomic E-state index is 0.0370. The quantitative estimate of drug-likeness (QED) is 0.0524. The molecule has 1 aliphatic heterocycles. The molecule has 62 heavy (non-hydrogen) atoms. The number of terminal acetylenes is 1. The second-order valence-corrected chi connectivity index (χ2v) is 20.4. The van der Waals surface area contributed by atoms with E-state index in [2.05, 4.69) is 208 Å². The van der Waals surface area contributed by atoms with Crippen molar-refractivity contribution in [2.75, 3.05) is 33.7 Å². The van der Waals surface area contributed by atoms with Gasteiger partial charge in [0.2, 0.25) is 0 Å². The molecule has 0 bridgehead atoms. The van der Waals surface area contributed by atoms with Crippen molar-refractivity contribution in [3.8, 4) is 12.8 Å². The summed E-state index contributed by atoms with van der Waals surface area (Å²) in [4.78, 5) is 4.73. The van der Waals surface area contributed by atoms with Crippen LogP contribution in [0.2, 0.25) is 0 Å². The average Bonchev–Trinajstić information content (AvgIpc) is 3.57. The van der Waals surface area contributed by atoms with Gasteiger partial charge in [-0.15, -0.1) is 32.6 Å². The number of likely N-dealkylation sites (tertiary alicyclic amines) is 1. The summed E-state index contributed by atoms with van der Waals surface area (Å²) >= 11 is 0. The molecule has 0 aromatic heterocycles. The van der Waals surface area contributed by atoms with Gasteiger partial charge in [-0.05, 0) is 87.4 Å². The van der Waals surface area contributed by atoms with E-state index in [4.69, 9.17) is 0 Å². The first kappa shape index (κ1) is 67.8. The molecule has 1 aliphatic carbocycles. The lowest BCUT2D eigenvalue weighted by molar-refractivity contribution is 0.206. The van der Waals surface area contributed by atoms with Gasteiger partial charge in [-0.3, -0.25) is 0 Å². The Balaban J connectivity index is -0.000000370. The SMILES string of the molecule is C#C.C=C.C=C(NC(CN(C)C)C(C)(C)C)NC(C(=C)N1CC(C)CC1C(=C)NC(CC1CCC1)C(=C)C)C(C)(C)C.C=CCCCCC.C=CNCC(C)C.CC.CC(C)C. The summed E-state index contributed by atoms with van der Waals surface area (Å²) in [5, 5.41) is 14.3. The molecule has 0 aromatic rings. The summed E-state index contributed by atoms with van der Waals surface area (Å²) in [6, 6.07) is 0.828. The Bertz CT molecular complexity index is 1170. The highest BCUT2D eigenvalue weighted by Gasteiger charge is 2.39. The van der Waals surface area contributed by atoms with E-state index in [9.17, 15) is 0 Å². The zero-order valence-corrected chi connectivity index (χ0v) is 45.0. The normalized spacial score (nSPS) is 16.8. The second-order valence-electron chi connectivity index (χ2n) is 20.4. The van der Waals surface area contributed by atoms with E-state index >= 15 is 0 Å². The van der Waals surface area contributed by atoms with Crippen LogP contribution in [0.15, 0.2) is 87.7 Å². The Hall–Kier alpha value is -3.30. The molecule has 6 heteroatoms. The topological polar surface area (TPSA) is 54.6 Å². The van der Waals surface area contributed by atoms with Crippen LogP contribution in [0.5, 0.6) is 0 Å². The van der Waals surface area contributed by atoms with Crippen molar-refractivity contribution >= 4 is 0 Å². The Morgan fingerprint density at radius 3 is 1.71 bits per heavy atom. The van der Waals surface area contributed by atoms with Gasteiger partial charge in [-0.1, -0.05) is 181 Å². The van der Waals surface area contributed by atoms with Crippen molar-refractivity contribution in [1.82, 2.24) is 31.1 Å². The lowest BCUT2D eigenvalue weighted by atomic mass is 9.79. The molecule has 364 valence electrons. The molecule has 1 heterocycles. The number of hydrogen-bond donors (Lipinski definition) is 4. The van der Waals surface area contributed by atoms with Gasteiger partial charge in [0.15, 0.2) is 0 Å². The Morgan fingerprint density at radius 1 is 0.855 bits per heavy atom. The highest BCUT2D eigenvalue weighted by atomic mass is 15.3. The maximum absolute atomic E-state index is 4.68. The van der Waals surface area contributed by atoms with Crippen molar-refractivity contribution in [3.63, 3.8) is 0 Å². The van der Waals surface area contributed by atoms with Crippen molar-refractivity contribution in [2.24, 2.45) is 34.5 Å². The van der Waals surface area contributed by atoms with E-state index in [0.29, 0.717) is 12.0 Å². The monoisotopic (exact) mass is 867 g/mol. The van der Waals surface area contributed by atoms with Gasteiger partial charge >= 0.3 is 0 Å². The standard InChI is InChI=1S/C33H61N5.C7H14.C6H13N.C4H10.C2H6.C2H4.C2H2/c1-22(2)28(19-27-16-15-17-27)34-24(4)29-18-23(3)20-38(29)25(5)31(33(10,11)12)36-26(6)35-30(21-37(13)14)32(7,8)9;1-3-5-7-6-4-2;1-4-7-5-6(2)3;1-4(2)3;3*1-2/h23,27-31,34-36H,1,4-6,15-21H2,2-3,7-14H3;3H,1,4-7H2,2H3;4,6-7H,1,5H2,2-3H3;4H,1-3H3;1-2H3;1-2H2;1-2H. The Labute approximate surface area is 391 Å². The van der Waals surface area contributed by atoms with E-state index in [1.807, 2.05) is 19.9 Å². The molecular weight excluding hydrogens is 757 g/mol. The summed E-state index contributed by atoms with van der Waals surface area (Å²) in [6.45, 7) is 69.3. The summed E-state index contributed by atoms with van der Waals surface area (Å²) in [5.41, 5.74) is 3.48. The number of likely N-dealkylation sites (N-methyl/N-ethyl adjacent to an activating group) is 1. The van der Waals surface area contributed by atoms with Crippen LogP contribution in [0.4, 0.5) is 0 Å². The van der Waals surface area contributed by atoms with E-state index in [0.717, 1.165) is 67.4 Å². The van der Waals surface area contributed by atoms with Crippen LogP contribution in [-0.4, -0.2) is 67.7 Å². The molecule has 2 rings (SSSR count). The Morgan fingerprint density at radius 2 is 1.37 bits per heavy atom. The van der Waals surface area contributed by atoms with Gasteiger partial charge in [-0.25, -0.2) is 0 Å². The molecule has 5 unspecified atom stereocenters. The molecule has 0 radical (unpaired) electrons.